The number of furan rings is 1. The first kappa shape index (κ1) is 9.91. The summed E-state index contributed by atoms with van der Waals surface area (Å²) in [7, 11) is 0. The fourth-order valence-corrected chi connectivity index (χ4v) is 2.58. The van der Waals surface area contributed by atoms with E-state index in [1.54, 1.807) is 0 Å². The van der Waals surface area contributed by atoms with Crippen molar-refractivity contribution >= 4 is 37.9 Å². The van der Waals surface area contributed by atoms with Crippen molar-refractivity contribution in [3.63, 3.8) is 0 Å². The van der Waals surface area contributed by atoms with E-state index in [1.807, 2.05) is 12.1 Å². The molecule has 0 fully saturated rings. The molecule has 1 aromatic heterocycles. The molecule has 0 unspecified atom stereocenters. The molecule has 3 aromatic rings. The van der Waals surface area contributed by atoms with Gasteiger partial charge in [0.1, 0.15) is 11.2 Å². The van der Waals surface area contributed by atoms with E-state index in [4.69, 9.17) is 4.42 Å². The molecule has 0 atom stereocenters. The smallest absolute Gasteiger partial charge is 0.135 e. The Morgan fingerprint density at radius 3 is 2.81 bits per heavy atom. The standard InChI is InChI=1S/C14H11BrO/c1-9-5-6-11-13(7-9)16-12-4-2-3-10(8-15)14(11)12/h2-7H,8H2,1H3. The van der Waals surface area contributed by atoms with Crippen LogP contribution in [0, 0.1) is 6.92 Å². The van der Waals surface area contributed by atoms with Crippen molar-refractivity contribution in [2.24, 2.45) is 0 Å². The normalized spacial score (nSPS) is 11.4. The van der Waals surface area contributed by atoms with Gasteiger partial charge in [0.25, 0.3) is 0 Å². The third-order valence-corrected chi connectivity index (χ3v) is 3.49. The van der Waals surface area contributed by atoms with Crippen molar-refractivity contribution < 1.29 is 4.42 Å². The van der Waals surface area contributed by atoms with Gasteiger partial charge in [0, 0.05) is 16.1 Å². The van der Waals surface area contributed by atoms with Crippen molar-refractivity contribution in [1.29, 1.82) is 0 Å². The van der Waals surface area contributed by atoms with Crippen LogP contribution in [0.1, 0.15) is 11.1 Å². The third-order valence-electron chi connectivity index (χ3n) is 2.88. The summed E-state index contributed by atoms with van der Waals surface area (Å²) in [5, 5.41) is 3.29. The van der Waals surface area contributed by atoms with Gasteiger partial charge in [0.15, 0.2) is 0 Å². The van der Waals surface area contributed by atoms with Crippen LogP contribution in [0.25, 0.3) is 21.9 Å². The second-order valence-corrected chi connectivity index (χ2v) is 4.59. The summed E-state index contributed by atoms with van der Waals surface area (Å²) >= 11 is 3.52. The SMILES string of the molecule is Cc1ccc2c(c1)oc1cccc(CBr)c12. The Kier molecular flexibility index (Phi) is 2.25. The van der Waals surface area contributed by atoms with E-state index < -0.39 is 0 Å². The molecule has 0 spiro atoms. The summed E-state index contributed by atoms with van der Waals surface area (Å²) in [6, 6.07) is 12.6. The van der Waals surface area contributed by atoms with Gasteiger partial charge in [-0.25, -0.2) is 0 Å². The Labute approximate surface area is 102 Å². The second kappa shape index (κ2) is 3.63. The Hall–Kier alpha value is -1.28. The lowest BCUT2D eigenvalue weighted by atomic mass is 10.1. The molecular formula is C14H11BrO. The highest BCUT2D eigenvalue weighted by atomic mass is 79.9. The Morgan fingerprint density at radius 1 is 1.12 bits per heavy atom. The molecule has 0 saturated carbocycles. The van der Waals surface area contributed by atoms with Gasteiger partial charge >= 0.3 is 0 Å². The van der Waals surface area contributed by atoms with Crippen molar-refractivity contribution in [3.05, 3.63) is 47.5 Å². The molecule has 0 aliphatic rings. The number of benzene rings is 2. The second-order valence-electron chi connectivity index (χ2n) is 4.03. The minimum absolute atomic E-state index is 0.854. The predicted octanol–water partition coefficient (Wildman–Crippen LogP) is 4.79. The molecular weight excluding hydrogens is 264 g/mol. The van der Waals surface area contributed by atoms with E-state index >= 15 is 0 Å². The number of fused-ring (bicyclic) bond motifs is 3. The molecule has 0 radical (unpaired) electrons. The van der Waals surface area contributed by atoms with E-state index in [2.05, 4.69) is 47.1 Å². The molecule has 0 aliphatic carbocycles. The number of hydrogen-bond donors (Lipinski definition) is 0. The maximum absolute atomic E-state index is 5.85. The van der Waals surface area contributed by atoms with Gasteiger partial charge in [-0.2, -0.15) is 0 Å². The van der Waals surface area contributed by atoms with E-state index in [1.165, 1.54) is 21.9 Å². The largest absolute Gasteiger partial charge is 0.456 e. The summed E-state index contributed by atoms with van der Waals surface area (Å²) in [6.45, 7) is 2.08. The summed E-state index contributed by atoms with van der Waals surface area (Å²) in [6.07, 6.45) is 0. The number of halogens is 1. The minimum Gasteiger partial charge on any atom is -0.456 e. The monoisotopic (exact) mass is 274 g/mol. The average Bonchev–Trinajstić information content (AvgIpc) is 2.65. The van der Waals surface area contributed by atoms with Gasteiger partial charge in [0.2, 0.25) is 0 Å². The zero-order valence-corrected chi connectivity index (χ0v) is 10.5. The van der Waals surface area contributed by atoms with E-state index in [0.717, 1.165) is 16.5 Å². The summed E-state index contributed by atoms with van der Waals surface area (Å²) in [5.74, 6) is 0. The number of aryl methyl sites for hydroxylation is 1. The lowest BCUT2D eigenvalue weighted by molar-refractivity contribution is 0.668. The maximum Gasteiger partial charge on any atom is 0.135 e. The van der Waals surface area contributed by atoms with Gasteiger partial charge in [-0.05, 0) is 30.2 Å². The number of rotatable bonds is 1. The quantitative estimate of drug-likeness (QED) is 0.582. The molecule has 16 heavy (non-hydrogen) atoms. The van der Waals surface area contributed by atoms with Gasteiger partial charge < -0.3 is 4.42 Å². The lowest BCUT2D eigenvalue weighted by Crippen LogP contribution is -1.78. The molecule has 1 heterocycles. The first-order chi connectivity index (χ1) is 7.79. The van der Waals surface area contributed by atoms with Crippen LogP contribution < -0.4 is 0 Å². The van der Waals surface area contributed by atoms with Crippen LogP contribution in [0.15, 0.2) is 40.8 Å². The average molecular weight is 275 g/mol. The summed E-state index contributed by atoms with van der Waals surface area (Å²) in [5.41, 5.74) is 4.45. The van der Waals surface area contributed by atoms with Crippen molar-refractivity contribution in [2.45, 2.75) is 12.3 Å². The van der Waals surface area contributed by atoms with E-state index in [-0.39, 0.29) is 0 Å². The topological polar surface area (TPSA) is 13.1 Å². The van der Waals surface area contributed by atoms with Crippen LogP contribution in [-0.2, 0) is 5.33 Å². The summed E-state index contributed by atoms with van der Waals surface area (Å²) in [4.78, 5) is 0. The molecule has 1 nitrogen and oxygen atoms in total. The molecule has 2 aromatic carbocycles. The van der Waals surface area contributed by atoms with Crippen molar-refractivity contribution in [1.82, 2.24) is 0 Å². The zero-order valence-electron chi connectivity index (χ0n) is 8.96. The van der Waals surface area contributed by atoms with E-state index in [9.17, 15) is 0 Å². The minimum atomic E-state index is 0.854. The molecule has 0 N–H and O–H groups in total. The van der Waals surface area contributed by atoms with Gasteiger partial charge in [0.05, 0.1) is 0 Å². The molecule has 80 valence electrons. The van der Waals surface area contributed by atoms with Crippen molar-refractivity contribution in [3.8, 4) is 0 Å². The van der Waals surface area contributed by atoms with E-state index in [0.29, 0.717) is 0 Å². The van der Waals surface area contributed by atoms with Crippen LogP contribution in [-0.4, -0.2) is 0 Å². The highest BCUT2D eigenvalue weighted by Crippen LogP contribution is 2.32. The van der Waals surface area contributed by atoms with Crippen LogP contribution >= 0.6 is 15.9 Å². The van der Waals surface area contributed by atoms with Crippen molar-refractivity contribution in [2.75, 3.05) is 0 Å². The van der Waals surface area contributed by atoms with Gasteiger partial charge in [-0.15, -0.1) is 0 Å². The molecule has 0 bridgehead atoms. The lowest BCUT2D eigenvalue weighted by Gasteiger charge is -1.97. The molecule has 0 aliphatic heterocycles. The Balaban J connectivity index is 2.52. The van der Waals surface area contributed by atoms with Crippen LogP contribution in [0.4, 0.5) is 0 Å². The third kappa shape index (κ3) is 1.37. The fourth-order valence-electron chi connectivity index (χ4n) is 2.12. The maximum atomic E-state index is 5.85. The highest BCUT2D eigenvalue weighted by molar-refractivity contribution is 9.08. The molecule has 0 amide bonds. The predicted molar refractivity (Wildman–Crippen MR) is 71.1 cm³/mol. The molecule has 0 saturated heterocycles. The first-order valence-corrected chi connectivity index (χ1v) is 6.38. The number of hydrogen-bond acceptors (Lipinski definition) is 1. The van der Waals surface area contributed by atoms with Crippen LogP contribution in [0.3, 0.4) is 0 Å². The Bertz CT molecular complexity index is 667. The van der Waals surface area contributed by atoms with Crippen LogP contribution in [0.5, 0.6) is 0 Å². The van der Waals surface area contributed by atoms with Gasteiger partial charge in [-0.3, -0.25) is 0 Å². The Morgan fingerprint density at radius 2 is 2.00 bits per heavy atom. The summed E-state index contributed by atoms with van der Waals surface area (Å²) < 4.78 is 5.85. The van der Waals surface area contributed by atoms with Crippen LogP contribution in [0.2, 0.25) is 0 Å². The first-order valence-electron chi connectivity index (χ1n) is 5.26. The van der Waals surface area contributed by atoms with Gasteiger partial charge in [-0.1, -0.05) is 40.2 Å². The molecule has 3 rings (SSSR count). The number of alkyl halides is 1. The molecule has 2 heteroatoms. The highest BCUT2D eigenvalue weighted by Gasteiger charge is 2.09. The zero-order chi connectivity index (χ0) is 11.1. The fraction of sp³-hybridized carbons (Fsp3) is 0.143.